The predicted molar refractivity (Wildman–Crippen MR) is 114 cm³/mol. The first-order chi connectivity index (χ1) is 14.2. The van der Waals surface area contributed by atoms with Crippen molar-refractivity contribution in [3.8, 4) is 17.1 Å². The van der Waals surface area contributed by atoms with Gasteiger partial charge in [0.05, 0.1) is 12.2 Å². The number of piperidine rings is 1. The van der Waals surface area contributed by atoms with E-state index in [2.05, 4.69) is 20.5 Å². The molecular formula is C23H32N4O2. The third-order valence-electron chi connectivity index (χ3n) is 6.04. The molecule has 6 heteroatoms. The summed E-state index contributed by atoms with van der Waals surface area (Å²) in [6.07, 6.45) is 9.53. The van der Waals surface area contributed by atoms with Crippen LogP contribution in [0.1, 0.15) is 32.1 Å². The van der Waals surface area contributed by atoms with Crippen molar-refractivity contribution in [2.24, 2.45) is 5.92 Å². The fraction of sp³-hybridized carbons (Fsp3) is 0.565. The molecule has 6 nitrogen and oxygen atoms in total. The van der Waals surface area contributed by atoms with Gasteiger partial charge in [-0.25, -0.2) is 4.98 Å². The Morgan fingerprint density at radius 2 is 2.00 bits per heavy atom. The maximum Gasteiger partial charge on any atom is 0.222 e. The third-order valence-corrected chi connectivity index (χ3v) is 6.04. The number of carbonyl (C=O) groups excluding carboxylic acids is 1. The Labute approximate surface area is 173 Å². The Kier molecular flexibility index (Phi) is 6.49. The number of hydrogen-bond donors (Lipinski definition) is 0. The quantitative estimate of drug-likeness (QED) is 0.643. The first-order valence-electron chi connectivity index (χ1n) is 10.9. The molecular weight excluding hydrogens is 364 g/mol. The second-order valence-corrected chi connectivity index (χ2v) is 8.35. The maximum absolute atomic E-state index is 11.9. The summed E-state index contributed by atoms with van der Waals surface area (Å²) >= 11 is 0. The number of nitrogens with zero attached hydrogens (tertiary/aromatic N) is 4. The van der Waals surface area contributed by atoms with Crippen LogP contribution in [0.4, 0.5) is 0 Å². The Hall–Kier alpha value is -2.34. The molecule has 0 aliphatic carbocycles. The lowest BCUT2D eigenvalue weighted by Gasteiger charge is -2.26. The van der Waals surface area contributed by atoms with Crippen molar-refractivity contribution in [1.29, 1.82) is 0 Å². The lowest BCUT2D eigenvalue weighted by atomic mass is 10.1. The molecule has 4 rings (SSSR count). The highest BCUT2D eigenvalue weighted by molar-refractivity contribution is 5.78. The zero-order valence-corrected chi connectivity index (χ0v) is 17.4. The Balaban J connectivity index is 1.38. The number of benzene rings is 1. The number of carbonyl (C=O) groups is 1. The van der Waals surface area contributed by atoms with Gasteiger partial charge in [0.1, 0.15) is 11.6 Å². The van der Waals surface area contributed by atoms with Gasteiger partial charge in [-0.15, -0.1) is 0 Å². The minimum atomic E-state index is 0.231. The van der Waals surface area contributed by atoms with Gasteiger partial charge < -0.3 is 19.1 Å². The molecule has 2 fully saturated rings. The number of likely N-dealkylation sites (tertiary alicyclic amines) is 2. The van der Waals surface area contributed by atoms with Crippen LogP contribution in [0.3, 0.4) is 0 Å². The van der Waals surface area contributed by atoms with Crippen molar-refractivity contribution in [2.75, 3.05) is 39.8 Å². The van der Waals surface area contributed by atoms with Gasteiger partial charge in [-0.2, -0.15) is 0 Å². The summed E-state index contributed by atoms with van der Waals surface area (Å²) in [5, 5.41) is 0. The summed E-state index contributed by atoms with van der Waals surface area (Å²) in [7, 11) is 1.88. The van der Waals surface area contributed by atoms with E-state index in [0.717, 1.165) is 49.8 Å². The minimum absolute atomic E-state index is 0.231. The highest BCUT2D eigenvalue weighted by Crippen LogP contribution is 2.30. The molecule has 1 aromatic carbocycles. The first-order valence-corrected chi connectivity index (χ1v) is 10.9. The molecule has 156 valence electrons. The number of amides is 1. The van der Waals surface area contributed by atoms with Crippen molar-refractivity contribution in [3.05, 3.63) is 36.7 Å². The molecule has 2 saturated heterocycles. The number of aromatic nitrogens is 2. The highest BCUT2D eigenvalue weighted by Gasteiger charge is 2.27. The minimum Gasteiger partial charge on any atom is -0.493 e. The molecule has 0 radical (unpaired) electrons. The van der Waals surface area contributed by atoms with Crippen molar-refractivity contribution >= 4 is 5.91 Å². The zero-order chi connectivity index (χ0) is 20.1. The van der Waals surface area contributed by atoms with Crippen LogP contribution in [0, 0.1) is 5.92 Å². The molecule has 0 bridgehead atoms. The Morgan fingerprint density at radius 3 is 2.79 bits per heavy atom. The number of imidazole rings is 1. The van der Waals surface area contributed by atoms with E-state index in [1.807, 2.05) is 42.5 Å². The van der Waals surface area contributed by atoms with E-state index < -0.39 is 0 Å². The molecule has 0 N–H and O–H groups in total. The molecule has 2 aliphatic heterocycles. The molecule has 2 aromatic rings. The second-order valence-electron chi connectivity index (χ2n) is 8.35. The number of para-hydroxylation sites is 1. The molecule has 0 spiro atoms. The van der Waals surface area contributed by atoms with Crippen LogP contribution in [0.25, 0.3) is 11.4 Å². The normalized spacial score (nSPS) is 20.4. The molecule has 1 amide bonds. The van der Waals surface area contributed by atoms with E-state index in [4.69, 9.17) is 4.74 Å². The maximum atomic E-state index is 11.9. The van der Waals surface area contributed by atoms with Crippen LogP contribution in [0.5, 0.6) is 5.75 Å². The van der Waals surface area contributed by atoms with Crippen molar-refractivity contribution < 1.29 is 9.53 Å². The molecule has 1 unspecified atom stereocenters. The lowest BCUT2D eigenvalue weighted by molar-refractivity contribution is -0.126. The van der Waals surface area contributed by atoms with Gasteiger partial charge in [0, 0.05) is 51.4 Å². The topological polar surface area (TPSA) is 50.6 Å². The van der Waals surface area contributed by atoms with Crippen LogP contribution in [-0.2, 0) is 11.3 Å². The number of ether oxygens (including phenoxy) is 1. The van der Waals surface area contributed by atoms with Crippen molar-refractivity contribution in [3.63, 3.8) is 0 Å². The smallest absolute Gasteiger partial charge is 0.222 e. The summed E-state index contributed by atoms with van der Waals surface area (Å²) in [5.74, 6) is 2.36. The zero-order valence-electron chi connectivity index (χ0n) is 17.4. The first kappa shape index (κ1) is 20.0. The molecule has 0 saturated carbocycles. The summed E-state index contributed by atoms with van der Waals surface area (Å²) in [6.45, 7) is 5.90. The monoisotopic (exact) mass is 396 g/mol. The van der Waals surface area contributed by atoms with Crippen LogP contribution >= 0.6 is 0 Å². The fourth-order valence-corrected chi connectivity index (χ4v) is 4.49. The average molecular weight is 397 g/mol. The Bertz CT molecular complexity index is 813. The Morgan fingerprint density at radius 1 is 1.17 bits per heavy atom. The van der Waals surface area contributed by atoms with Crippen molar-refractivity contribution in [1.82, 2.24) is 19.4 Å². The molecule has 3 heterocycles. The third kappa shape index (κ3) is 4.99. The SMILES string of the molecule is CN1CC(Cn2ccnc2-c2ccccc2OCCCN2CCCCC2)CC1=O. The van der Waals surface area contributed by atoms with Crippen molar-refractivity contribution in [2.45, 2.75) is 38.6 Å². The number of hydrogen-bond acceptors (Lipinski definition) is 4. The summed E-state index contributed by atoms with van der Waals surface area (Å²) in [4.78, 5) is 20.8. The van der Waals surface area contributed by atoms with Gasteiger partial charge in [0.25, 0.3) is 0 Å². The standard InChI is InChI=1S/C23H32N4O2/c1-25-17-19(16-22(25)28)18-27-14-10-24-23(27)20-8-3-4-9-21(20)29-15-7-13-26-11-5-2-6-12-26/h3-4,8-10,14,19H,2,5-7,11-13,15-18H2,1H3. The summed E-state index contributed by atoms with van der Waals surface area (Å²) in [6, 6.07) is 8.15. The lowest BCUT2D eigenvalue weighted by Crippen LogP contribution is -2.31. The molecule has 1 atom stereocenters. The summed E-state index contributed by atoms with van der Waals surface area (Å²) in [5.41, 5.74) is 1.02. The predicted octanol–water partition coefficient (Wildman–Crippen LogP) is 3.28. The van der Waals surface area contributed by atoms with Crippen LogP contribution in [0.15, 0.2) is 36.7 Å². The van der Waals surface area contributed by atoms with Gasteiger partial charge in [-0.05, 0) is 44.5 Å². The molecule has 29 heavy (non-hydrogen) atoms. The molecule has 2 aliphatic rings. The van der Waals surface area contributed by atoms with Gasteiger partial charge in [-0.3, -0.25) is 4.79 Å². The van der Waals surface area contributed by atoms with Gasteiger partial charge >= 0.3 is 0 Å². The van der Waals surface area contributed by atoms with Gasteiger partial charge in [0.2, 0.25) is 5.91 Å². The average Bonchev–Trinajstić information content (AvgIpc) is 3.32. The largest absolute Gasteiger partial charge is 0.493 e. The number of rotatable bonds is 8. The van der Waals surface area contributed by atoms with Gasteiger partial charge in [0.15, 0.2) is 0 Å². The van der Waals surface area contributed by atoms with Crippen LogP contribution in [-0.4, -0.2) is 65.1 Å². The van der Waals surface area contributed by atoms with E-state index in [1.54, 1.807) is 0 Å². The van der Waals surface area contributed by atoms with Crippen LogP contribution in [0.2, 0.25) is 0 Å². The summed E-state index contributed by atoms with van der Waals surface area (Å²) < 4.78 is 8.33. The van der Waals surface area contributed by atoms with Gasteiger partial charge in [-0.1, -0.05) is 18.6 Å². The van der Waals surface area contributed by atoms with E-state index >= 15 is 0 Å². The highest BCUT2D eigenvalue weighted by atomic mass is 16.5. The van der Waals surface area contributed by atoms with Crippen LogP contribution < -0.4 is 4.74 Å². The van der Waals surface area contributed by atoms with E-state index in [0.29, 0.717) is 12.3 Å². The van der Waals surface area contributed by atoms with E-state index in [1.165, 1.54) is 32.4 Å². The molecule has 1 aromatic heterocycles. The second kappa shape index (κ2) is 9.44. The van der Waals surface area contributed by atoms with E-state index in [9.17, 15) is 4.79 Å². The fourth-order valence-electron chi connectivity index (χ4n) is 4.49. The van der Waals surface area contributed by atoms with E-state index in [-0.39, 0.29) is 5.91 Å².